The highest BCUT2D eigenvalue weighted by Gasteiger charge is 2.28. The van der Waals surface area contributed by atoms with E-state index in [0.717, 1.165) is 36.1 Å². The maximum Gasteiger partial charge on any atom is 0.317 e. The van der Waals surface area contributed by atoms with Crippen molar-refractivity contribution < 1.29 is 14.3 Å². The third-order valence-electron chi connectivity index (χ3n) is 4.36. The number of carbonyl (C=O) groups excluding carboxylic acids is 2. The highest BCUT2D eigenvalue weighted by atomic mass is 16.5. The smallest absolute Gasteiger partial charge is 0.317 e. The summed E-state index contributed by atoms with van der Waals surface area (Å²) in [7, 11) is 1.63. The second kappa shape index (κ2) is 7.99. The first-order chi connectivity index (χ1) is 11.1. The Labute approximate surface area is 138 Å². The van der Waals surface area contributed by atoms with Crippen molar-refractivity contribution in [2.45, 2.75) is 33.1 Å². The molecule has 5 nitrogen and oxygen atoms in total. The number of piperidine rings is 1. The molecule has 2 rings (SSSR count). The van der Waals surface area contributed by atoms with Crippen LogP contribution in [0, 0.1) is 12.8 Å². The monoisotopic (exact) mass is 318 g/mol. The van der Waals surface area contributed by atoms with E-state index < -0.39 is 0 Å². The molecule has 0 unspecified atom stereocenters. The highest BCUT2D eigenvalue weighted by Crippen LogP contribution is 2.25. The Morgan fingerprint density at radius 1 is 1.30 bits per heavy atom. The summed E-state index contributed by atoms with van der Waals surface area (Å²) in [6.45, 7) is 5.95. The molecular formula is C18H26N2O3. The number of nitrogens with zero attached hydrogens (tertiary/aromatic N) is 1. The number of aryl methyl sites for hydroxylation is 1. The van der Waals surface area contributed by atoms with E-state index in [1.165, 1.54) is 0 Å². The largest absolute Gasteiger partial charge is 0.496 e. The fourth-order valence-electron chi connectivity index (χ4n) is 2.96. The van der Waals surface area contributed by atoms with E-state index in [0.29, 0.717) is 19.6 Å². The first-order valence-corrected chi connectivity index (χ1v) is 8.28. The maximum atomic E-state index is 12.6. The standard InChI is InChI=1S/C18H26N2O3/c1-4-9-19-18(22)20-10-7-14(8-11-20)17(21)15-5-6-16(23-3)13(2)12-15/h5-6,12,14H,4,7-11H2,1-3H3,(H,19,22). The molecule has 0 aliphatic carbocycles. The van der Waals surface area contributed by atoms with Gasteiger partial charge in [0.25, 0.3) is 0 Å². The number of urea groups is 1. The topological polar surface area (TPSA) is 58.6 Å². The van der Waals surface area contributed by atoms with Gasteiger partial charge in [-0.25, -0.2) is 4.79 Å². The molecule has 0 saturated carbocycles. The van der Waals surface area contributed by atoms with E-state index in [4.69, 9.17) is 4.74 Å². The van der Waals surface area contributed by atoms with Crippen molar-refractivity contribution in [3.05, 3.63) is 29.3 Å². The summed E-state index contributed by atoms with van der Waals surface area (Å²) in [5.41, 5.74) is 1.70. The fourth-order valence-corrected chi connectivity index (χ4v) is 2.96. The number of rotatable bonds is 5. The van der Waals surface area contributed by atoms with Crippen molar-refractivity contribution >= 4 is 11.8 Å². The van der Waals surface area contributed by atoms with Crippen LogP contribution in [0.1, 0.15) is 42.1 Å². The van der Waals surface area contributed by atoms with Crippen LogP contribution in [-0.2, 0) is 0 Å². The van der Waals surface area contributed by atoms with Crippen molar-refractivity contribution in [1.82, 2.24) is 10.2 Å². The molecule has 1 aliphatic rings. The van der Waals surface area contributed by atoms with Crippen molar-refractivity contribution in [3.63, 3.8) is 0 Å². The summed E-state index contributed by atoms with van der Waals surface area (Å²) in [4.78, 5) is 26.4. The van der Waals surface area contributed by atoms with E-state index in [9.17, 15) is 9.59 Å². The molecule has 0 radical (unpaired) electrons. The number of ether oxygens (including phenoxy) is 1. The third kappa shape index (κ3) is 4.24. The zero-order chi connectivity index (χ0) is 16.8. The predicted molar refractivity (Wildman–Crippen MR) is 90.0 cm³/mol. The quantitative estimate of drug-likeness (QED) is 0.849. The molecule has 1 aromatic carbocycles. The first kappa shape index (κ1) is 17.3. The van der Waals surface area contributed by atoms with Crippen LogP contribution in [0.4, 0.5) is 4.79 Å². The zero-order valence-corrected chi connectivity index (χ0v) is 14.2. The van der Waals surface area contributed by atoms with E-state index in [1.807, 2.05) is 32.0 Å². The molecular weight excluding hydrogens is 292 g/mol. The molecule has 1 heterocycles. The van der Waals surface area contributed by atoms with Gasteiger partial charge in [-0.1, -0.05) is 6.92 Å². The number of hydrogen-bond donors (Lipinski definition) is 1. The minimum absolute atomic E-state index is 0.00183. The number of methoxy groups -OCH3 is 1. The van der Waals surface area contributed by atoms with E-state index in [-0.39, 0.29) is 17.7 Å². The lowest BCUT2D eigenvalue weighted by atomic mass is 9.88. The lowest BCUT2D eigenvalue weighted by Crippen LogP contribution is -2.45. The second-order valence-corrected chi connectivity index (χ2v) is 6.04. The Bertz CT molecular complexity index is 563. The molecule has 23 heavy (non-hydrogen) atoms. The lowest BCUT2D eigenvalue weighted by molar-refractivity contribution is 0.0854. The number of nitrogens with one attached hydrogen (secondary N) is 1. The van der Waals surface area contributed by atoms with Gasteiger partial charge in [-0.05, 0) is 49.9 Å². The van der Waals surface area contributed by atoms with Crippen molar-refractivity contribution in [2.24, 2.45) is 5.92 Å². The molecule has 1 saturated heterocycles. The number of benzene rings is 1. The van der Waals surface area contributed by atoms with Crippen LogP contribution in [0.5, 0.6) is 5.75 Å². The van der Waals surface area contributed by atoms with Crippen LogP contribution in [0.2, 0.25) is 0 Å². The van der Waals surface area contributed by atoms with Gasteiger partial charge in [0.2, 0.25) is 0 Å². The van der Waals surface area contributed by atoms with E-state index >= 15 is 0 Å². The van der Waals surface area contributed by atoms with Gasteiger partial charge < -0.3 is 15.0 Å². The van der Waals surface area contributed by atoms with Crippen LogP contribution in [0.25, 0.3) is 0 Å². The number of likely N-dealkylation sites (tertiary alicyclic amines) is 1. The fraction of sp³-hybridized carbons (Fsp3) is 0.556. The van der Waals surface area contributed by atoms with E-state index in [1.54, 1.807) is 12.0 Å². The number of ketones is 1. The zero-order valence-electron chi connectivity index (χ0n) is 14.2. The Balaban J connectivity index is 1.93. The Morgan fingerprint density at radius 2 is 2.00 bits per heavy atom. The normalized spacial score (nSPS) is 15.3. The van der Waals surface area contributed by atoms with Gasteiger partial charge in [-0.2, -0.15) is 0 Å². The Hall–Kier alpha value is -2.04. The van der Waals surface area contributed by atoms with Crippen LogP contribution < -0.4 is 10.1 Å². The third-order valence-corrected chi connectivity index (χ3v) is 4.36. The molecule has 0 aromatic heterocycles. The molecule has 2 amide bonds. The molecule has 126 valence electrons. The van der Waals surface area contributed by atoms with Crippen molar-refractivity contribution in [1.29, 1.82) is 0 Å². The number of Topliss-reactive ketones (excluding diaryl/α,β-unsaturated/α-hetero) is 1. The predicted octanol–water partition coefficient (Wildman–Crippen LogP) is 3.02. The van der Waals surface area contributed by atoms with Gasteiger partial charge in [0, 0.05) is 31.1 Å². The SMILES string of the molecule is CCCNC(=O)N1CCC(C(=O)c2ccc(OC)c(C)c2)CC1. The summed E-state index contributed by atoms with van der Waals surface area (Å²) < 4.78 is 5.24. The van der Waals surface area contributed by atoms with E-state index in [2.05, 4.69) is 5.32 Å². The van der Waals surface area contributed by atoms with Gasteiger partial charge in [0.1, 0.15) is 5.75 Å². The maximum absolute atomic E-state index is 12.6. The van der Waals surface area contributed by atoms with Gasteiger partial charge in [0.05, 0.1) is 7.11 Å². The molecule has 1 aromatic rings. The summed E-state index contributed by atoms with van der Waals surface area (Å²) in [5, 5.41) is 2.89. The van der Waals surface area contributed by atoms with Gasteiger partial charge in [-0.15, -0.1) is 0 Å². The van der Waals surface area contributed by atoms with Gasteiger partial charge in [-0.3, -0.25) is 4.79 Å². The van der Waals surface area contributed by atoms with Crippen LogP contribution in [0.3, 0.4) is 0 Å². The lowest BCUT2D eigenvalue weighted by Gasteiger charge is -2.31. The molecule has 1 aliphatic heterocycles. The summed E-state index contributed by atoms with van der Waals surface area (Å²) in [6, 6.07) is 5.55. The van der Waals surface area contributed by atoms with Crippen LogP contribution in [0.15, 0.2) is 18.2 Å². The Morgan fingerprint density at radius 3 is 2.57 bits per heavy atom. The number of amides is 2. The molecule has 5 heteroatoms. The number of carbonyl (C=O) groups is 2. The van der Waals surface area contributed by atoms with Gasteiger partial charge >= 0.3 is 6.03 Å². The van der Waals surface area contributed by atoms with Crippen LogP contribution in [-0.4, -0.2) is 43.5 Å². The van der Waals surface area contributed by atoms with Crippen LogP contribution >= 0.6 is 0 Å². The summed E-state index contributed by atoms with van der Waals surface area (Å²) in [6.07, 6.45) is 2.38. The summed E-state index contributed by atoms with van der Waals surface area (Å²) in [5.74, 6) is 0.964. The molecule has 0 bridgehead atoms. The first-order valence-electron chi connectivity index (χ1n) is 8.28. The van der Waals surface area contributed by atoms with Crippen molar-refractivity contribution in [2.75, 3.05) is 26.7 Å². The molecule has 1 fully saturated rings. The average Bonchev–Trinajstić information content (AvgIpc) is 2.59. The number of hydrogen-bond acceptors (Lipinski definition) is 3. The van der Waals surface area contributed by atoms with Gasteiger partial charge in [0.15, 0.2) is 5.78 Å². The molecule has 0 spiro atoms. The molecule has 1 N–H and O–H groups in total. The van der Waals surface area contributed by atoms with Crippen molar-refractivity contribution in [3.8, 4) is 5.75 Å². The summed E-state index contributed by atoms with van der Waals surface area (Å²) >= 11 is 0. The minimum atomic E-state index is -0.0157. The molecule has 0 atom stereocenters. The second-order valence-electron chi connectivity index (χ2n) is 6.04. The average molecular weight is 318 g/mol. The minimum Gasteiger partial charge on any atom is -0.496 e. The Kier molecular flexibility index (Phi) is 6.02. The highest BCUT2D eigenvalue weighted by molar-refractivity contribution is 5.98.